The Morgan fingerprint density at radius 3 is 2.50 bits per heavy atom. The van der Waals surface area contributed by atoms with Crippen LogP contribution in [0.1, 0.15) is 45.6 Å². The van der Waals surface area contributed by atoms with E-state index < -0.39 is 0 Å². The maximum absolute atomic E-state index is 12.7. The molecule has 0 radical (unpaired) electrons. The summed E-state index contributed by atoms with van der Waals surface area (Å²) in [5, 5.41) is 12.1. The molecule has 1 aliphatic carbocycles. The molecule has 2 rings (SSSR count). The molecule has 1 fully saturated rings. The number of aliphatic hydroxyl groups excluding tert-OH is 1. The van der Waals surface area contributed by atoms with Gasteiger partial charge in [-0.1, -0.05) is 38.1 Å². The number of allylic oxidation sites excluding steroid dienone is 1. The van der Waals surface area contributed by atoms with E-state index in [1.807, 2.05) is 31.2 Å². The number of carbonyl (C=O) groups is 1. The lowest BCUT2D eigenvalue weighted by molar-refractivity contribution is -0.123. The Kier molecular flexibility index (Phi) is 5.07. The molecule has 2 N–H and O–H groups in total. The molecule has 2 unspecified atom stereocenters. The molecule has 1 aromatic carbocycles. The van der Waals surface area contributed by atoms with E-state index in [9.17, 15) is 4.79 Å². The Morgan fingerprint density at radius 1 is 1.32 bits per heavy atom. The van der Waals surface area contributed by atoms with Crippen LogP contribution in [0.4, 0.5) is 5.69 Å². The van der Waals surface area contributed by atoms with Crippen LogP contribution < -0.4 is 5.32 Å². The average Bonchev–Trinajstić information content (AvgIpc) is 2.46. The third-order valence-electron chi connectivity index (χ3n) is 4.76. The minimum Gasteiger partial charge on any atom is -0.392 e. The van der Waals surface area contributed by atoms with Gasteiger partial charge in [0.2, 0.25) is 5.91 Å². The van der Waals surface area contributed by atoms with Crippen LogP contribution in [0.3, 0.4) is 0 Å². The zero-order valence-corrected chi connectivity index (χ0v) is 13.9. The van der Waals surface area contributed by atoms with Crippen LogP contribution in [0.2, 0.25) is 0 Å². The van der Waals surface area contributed by atoms with E-state index in [0.29, 0.717) is 0 Å². The normalized spacial score (nSPS) is 23.8. The number of hydrogen-bond donors (Lipinski definition) is 2. The number of nitrogens with one attached hydrogen (secondary N) is 1. The first kappa shape index (κ1) is 16.8. The fourth-order valence-electron chi connectivity index (χ4n) is 3.38. The lowest BCUT2D eigenvalue weighted by atomic mass is 9.65. The summed E-state index contributed by atoms with van der Waals surface area (Å²) >= 11 is 0. The van der Waals surface area contributed by atoms with Crippen molar-refractivity contribution in [3.05, 3.63) is 42.0 Å². The molecule has 0 aromatic heterocycles. The van der Waals surface area contributed by atoms with E-state index in [1.165, 1.54) is 0 Å². The van der Waals surface area contributed by atoms with E-state index in [-0.39, 0.29) is 29.8 Å². The van der Waals surface area contributed by atoms with Crippen molar-refractivity contribution in [3.8, 4) is 0 Å². The van der Waals surface area contributed by atoms with Crippen molar-refractivity contribution in [2.75, 3.05) is 5.32 Å². The number of carbonyl (C=O) groups excluding carboxylic acids is 1. The van der Waals surface area contributed by atoms with Gasteiger partial charge in [-0.2, -0.15) is 0 Å². The molecule has 0 heterocycles. The smallest absolute Gasteiger partial charge is 0.228 e. The summed E-state index contributed by atoms with van der Waals surface area (Å²) in [7, 11) is 0. The Hall–Kier alpha value is -1.61. The number of amides is 1. The molecular formula is C19H27NO2. The molecule has 2 atom stereocenters. The van der Waals surface area contributed by atoms with Crippen LogP contribution in [0.5, 0.6) is 0 Å². The zero-order valence-electron chi connectivity index (χ0n) is 13.9. The van der Waals surface area contributed by atoms with Crippen LogP contribution in [0.15, 0.2) is 36.4 Å². The van der Waals surface area contributed by atoms with Crippen LogP contribution in [-0.4, -0.2) is 11.0 Å². The standard InChI is InChI=1S/C19H27NO2/c1-13(2)16-9-10-19(3,4)11-17(16)18(22)20-15-7-5-14(12-21)6-8-15/h5-8,16-17,21H,1,9-12H2,2-4H3,(H,20,22). The Bertz CT molecular complexity index is 545. The third-order valence-corrected chi connectivity index (χ3v) is 4.76. The van der Waals surface area contributed by atoms with Gasteiger partial charge >= 0.3 is 0 Å². The molecule has 0 spiro atoms. The highest BCUT2D eigenvalue weighted by atomic mass is 16.3. The summed E-state index contributed by atoms with van der Waals surface area (Å²) in [6, 6.07) is 7.34. The fraction of sp³-hybridized carbons (Fsp3) is 0.526. The molecule has 1 aromatic rings. The largest absolute Gasteiger partial charge is 0.392 e. The average molecular weight is 301 g/mol. The SMILES string of the molecule is C=C(C)C1CCC(C)(C)CC1C(=O)Nc1ccc(CO)cc1. The summed E-state index contributed by atoms with van der Waals surface area (Å²) in [6.07, 6.45) is 3.06. The van der Waals surface area contributed by atoms with E-state index in [4.69, 9.17) is 5.11 Å². The van der Waals surface area contributed by atoms with E-state index in [1.54, 1.807) is 0 Å². The predicted octanol–water partition coefficient (Wildman–Crippen LogP) is 4.14. The van der Waals surface area contributed by atoms with Crippen molar-refractivity contribution < 1.29 is 9.90 Å². The molecule has 3 heteroatoms. The number of hydrogen-bond acceptors (Lipinski definition) is 2. The van der Waals surface area contributed by atoms with Crippen molar-refractivity contribution >= 4 is 11.6 Å². The van der Waals surface area contributed by atoms with Gasteiger partial charge in [0.05, 0.1) is 6.61 Å². The Balaban J connectivity index is 2.11. The molecular weight excluding hydrogens is 274 g/mol. The van der Waals surface area contributed by atoms with E-state index >= 15 is 0 Å². The first-order chi connectivity index (χ1) is 10.3. The zero-order chi connectivity index (χ0) is 16.3. The van der Waals surface area contributed by atoms with Gasteiger partial charge in [0.15, 0.2) is 0 Å². The predicted molar refractivity (Wildman–Crippen MR) is 90.4 cm³/mol. The number of rotatable bonds is 4. The number of benzene rings is 1. The maximum Gasteiger partial charge on any atom is 0.228 e. The van der Waals surface area contributed by atoms with Gasteiger partial charge < -0.3 is 10.4 Å². The summed E-state index contributed by atoms with van der Waals surface area (Å²) < 4.78 is 0. The number of anilines is 1. The minimum absolute atomic E-state index is 0.0150. The van der Waals surface area contributed by atoms with Crippen molar-refractivity contribution in [3.63, 3.8) is 0 Å². The lowest BCUT2D eigenvalue weighted by Gasteiger charge is -2.40. The topological polar surface area (TPSA) is 49.3 Å². The first-order valence-corrected chi connectivity index (χ1v) is 7.98. The molecule has 1 saturated carbocycles. The number of aliphatic hydroxyl groups is 1. The molecule has 0 aliphatic heterocycles. The molecule has 1 amide bonds. The lowest BCUT2D eigenvalue weighted by Crippen LogP contribution is -2.38. The van der Waals surface area contributed by atoms with Gasteiger partial charge in [-0.3, -0.25) is 4.79 Å². The molecule has 0 saturated heterocycles. The van der Waals surface area contributed by atoms with Crippen LogP contribution in [-0.2, 0) is 11.4 Å². The Morgan fingerprint density at radius 2 is 1.95 bits per heavy atom. The van der Waals surface area contributed by atoms with Gasteiger partial charge in [-0.25, -0.2) is 0 Å². The quantitative estimate of drug-likeness (QED) is 0.821. The van der Waals surface area contributed by atoms with Gasteiger partial charge in [0.25, 0.3) is 0 Å². The molecule has 3 nitrogen and oxygen atoms in total. The van der Waals surface area contributed by atoms with Gasteiger partial charge in [0.1, 0.15) is 0 Å². The summed E-state index contributed by atoms with van der Waals surface area (Å²) in [5.74, 6) is 0.334. The van der Waals surface area contributed by atoms with Crippen molar-refractivity contribution in [2.45, 2.75) is 46.6 Å². The molecule has 22 heavy (non-hydrogen) atoms. The van der Waals surface area contributed by atoms with E-state index in [2.05, 4.69) is 25.7 Å². The summed E-state index contributed by atoms with van der Waals surface area (Å²) in [4.78, 5) is 12.7. The highest BCUT2D eigenvalue weighted by molar-refractivity contribution is 5.93. The Labute approximate surface area is 133 Å². The molecule has 0 bridgehead atoms. The second kappa shape index (κ2) is 6.66. The monoisotopic (exact) mass is 301 g/mol. The van der Waals surface area contributed by atoms with Crippen LogP contribution in [0, 0.1) is 17.3 Å². The van der Waals surface area contributed by atoms with Crippen LogP contribution in [0.25, 0.3) is 0 Å². The second-order valence-corrected chi connectivity index (χ2v) is 7.31. The molecule has 120 valence electrons. The van der Waals surface area contributed by atoms with E-state index in [0.717, 1.165) is 36.1 Å². The molecule has 1 aliphatic rings. The van der Waals surface area contributed by atoms with Crippen molar-refractivity contribution in [2.24, 2.45) is 17.3 Å². The fourth-order valence-corrected chi connectivity index (χ4v) is 3.38. The van der Waals surface area contributed by atoms with Crippen LogP contribution >= 0.6 is 0 Å². The second-order valence-electron chi connectivity index (χ2n) is 7.31. The minimum atomic E-state index is -0.0150. The first-order valence-electron chi connectivity index (χ1n) is 7.98. The maximum atomic E-state index is 12.7. The highest BCUT2D eigenvalue weighted by Gasteiger charge is 2.39. The van der Waals surface area contributed by atoms with Crippen molar-refractivity contribution in [1.29, 1.82) is 0 Å². The van der Waals surface area contributed by atoms with Gasteiger partial charge in [-0.15, -0.1) is 0 Å². The summed E-state index contributed by atoms with van der Waals surface area (Å²) in [5.41, 5.74) is 2.93. The summed E-state index contributed by atoms with van der Waals surface area (Å²) in [6.45, 7) is 10.6. The third kappa shape index (κ3) is 3.98. The highest BCUT2D eigenvalue weighted by Crippen LogP contribution is 2.44. The van der Waals surface area contributed by atoms with Gasteiger partial charge in [-0.05, 0) is 55.2 Å². The van der Waals surface area contributed by atoms with Gasteiger partial charge in [0, 0.05) is 11.6 Å². The van der Waals surface area contributed by atoms with Crippen molar-refractivity contribution in [1.82, 2.24) is 0 Å².